The smallest absolute Gasteiger partial charge is 0.422 e. The number of carbonyl (C=O) groups excluding carboxylic acids is 2. The summed E-state index contributed by atoms with van der Waals surface area (Å²) in [6, 6.07) is 8.38. The first kappa shape index (κ1) is 17.7. The molecular formula is C18H18F3NO3. The van der Waals surface area contributed by atoms with Crippen molar-refractivity contribution in [2.75, 3.05) is 0 Å². The Morgan fingerprint density at radius 1 is 1.12 bits per heavy atom. The number of benzene rings is 1. The molecule has 1 aliphatic heterocycles. The molecule has 4 nitrogen and oxygen atoms in total. The number of esters is 1. The van der Waals surface area contributed by atoms with Crippen molar-refractivity contribution in [2.45, 2.75) is 44.9 Å². The number of hydrogen-bond acceptors (Lipinski definition) is 4. The number of nitrogens with one attached hydrogen (secondary N) is 1. The van der Waals surface area contributed by atoms with Gasteiger partial charge in [0.2, 0.25) is 5.54 Å². The summed E-state index contributed by atoms with van der Waals surface area (Å²) in [5.74, 6) is -2.34. The first-order valence-electron chi connectivity index (χ1n) is 7.92. The Hall–Kier alpha value is -2.15. The Morgan fingerprint density at radius 3 is 2.36 bits per heavy atom. The lowest BCUT2D eigenvalue weighted by Gasteiger charge is -2.34. The third-order valence-electron chi connectivity index (χ3n) is 4.56. The lowest BCUT2D eigenvalue weighted by atomic mass is 9.72. The van der Waals surface area contributed by atoms with Gasteiger partial charge in [-0.05, 0) is 11.0 Å². The van der Waals surface area contributed by atoms with Gasteiger partial charge in [0, 0.05) is 19.4 Å². The van der Waals surface area contributed by atoms with Crippen LogP contribution in [0.15, 0.2) is 41.7 Å². The Labute approximate surface area is 143 Å². The molecule has 0 aromatic heterocycles. The van der Waals surface area contributed by atoms with Crippen LogP contribution in [0.4, 0.5) is 13.2 Å². The summed E-state index contributed by atoms with van der Waals surface area (Å²) in [5, 5.41) is 2.28. The maximum absolute atomic E-state index is 14.0. The zero-order valence-electron chi connectivity index (χ0n) is 13.9. The van der Waals surface area contributed by atoms with Crippen molar-refractivity contribution in [3.63, 3.8) is 0 Å². The molecule has 0 spiro atoms. The van der Waals surface area contributed by atoms with Gasteiger partial charge in [-0.3, -0.25) is 10.1 Å². The summed E-state index contributed by atoms with van der Waals surface area (Å²) in [5.41, 5.74) is -3.67. The van der Waals surface area contributed by atoms with Crippen molar-refractivity contribution in [3.05, 3.63) is 47.2 Å². The Bertz CT molecular complexity index is 753. The van der Waals surface area contributed by atoms with Crippen LogP contribution in [0.2, 0.25) is 0 Å². The minimum absolute atomic E-state index is 0.0622. The average molecular weight is 353 g/mol. The Morgan fingerprint density at radius 2 is 1.76 bits per heavy atom. The molecule has 1 aliphatic carbocycles. The molecule has 3 rings (SSSR count). The topological polar surface area (TPSA) is 55.4 Å². The van der Waals surface area contributed by atoms with E-state index in [9.17, 15) is 22.8 Å². The van der Waals surface area contributed by atoms with Gasteiger partial charge >= 0.3 is 12.1 Å². The van der Waals surface area contributed by atoms with Gasteiger partial charge in [-0.25, -0.2) is 4.79 Å². The summed E-state index contributed by atoms with van der Waals surface area (Å²) >= 11 is 0. The van der Waals surface area contributed by atoms with Crippen molar-refractivity contribution >= 4 is 11.8 Å². The normalized spacial score (nSPS) is 25.8. The largest absolute Gasteiger partial charge is 0.429 e. The van der Waals surface area contributed by atoms with Crippen LogP contribution >= 0.6 is 0 Å². The van der Waals surface area contributed by atoms with E-state index in [2.05, 4.69) is 5.32 Å². The highest BCUT2D eigenvalue weighted by atomic mass is 19.4. The second kappa shape index (κ2) is 5.69. The van der Waals surface area contributed by atoms with E-state index in [1.54, 1.807) is 44.2 Å². The number of Topliss-reactive ketones (excluding diaryl/α,β-unsaturated/α-hetero) is 1. The molecule has 0 saturated heterocycles. The molecule has 0 saturated carbocycles. The average Bonchev–Trinajstić information content (AvgIpc) is 2.77. The van der Waals surface area contributed by atoms with E-state index in [-0.39, 0.29) is 25.1 Å². The van der Waals surface area contributed by atoms with Crippen LogP contribution in [-0.4, -0.2) is 23.5 Å². The van der Waals surface area contributed by atoms with E-state index in [1.165, 1.54) is 0 Å². The maximum Gasteiger partial charge on any atom is 0.422 e. The van der Waals surface area contributed by atoms with Gasteiger partial charge in [0.15, 0.2) is 5.78 Å². The first-order valence-corrected chi connectivity index (χ1v) is 7.92. The summed E-state index contributed by atoms with van der Waals surface area (Å²) in [7, 11) is 0. The fourth-order valence-electron chi connectivity index (χ4n) is 3.41. The van der Waals surface area contributed by atoms with Crippen LogP contribution in [0.5, 0.6) is 0 Å². The van der Waals surface area contributed by atoms with Crippen molar-refractivity contribution < 1.29 is 27.5 Å². The molecule has 134 valence electrons. The van der Waals surface area contributed by atoms with Crippen LogP contribution in [0.3, 0.4) is 0 Å². The highest BCUT2D eigenvalue weighted by molar-refractivity contribution is 6.09. The second-order valence-corrected chi connectivity index (χ2v) is 7.22. The van der Waals surface area contributed by atoms with E-state index >= 15 is 0 Å². The molecule has 25 heavy (non-hydrogen) atoms. The monoisotopic (exact) mass is 353 g/mol. The molecule has 1 unspecified atom stereocenters. The molecule has 1 aromatic rings. The van der Waals surface area contributed by atoms with Gasteiger partial charge < -0.3 is 4.74 Å². The van der Waals surface area contributed by atoms with E-state index < -0.39 is 34.5 Å². The van der Waals surface area contributed by atoms with E-state index in [0.29, 0.717) is 5.56 Å². The van der Waals surface area contributed by atoms with Gasteiger partial charge in [-0.2, -0.15) is 13.2 Å². The molecule has 2 aliphatic rings. The molecular weight excluding hydrogens is 335 g/mol. The van der Waals surface area contributed by atoms with Gasteiger partial charge in [-0.15, -0.1) is 0 Å². The van der Waals surface area contributed by atoms with Crippen molar-refractivity contribution in [1.29, 1.82) is 0 Å². The second-order valence-electron chi connectivity index (χ2n) is 7.22. The number of halogens is 3. The number of allylic oxidation sites excluding steroid dienone is 1. The minimum Gasteiger partial charge on any atom is -0.429 e. The van der Waals surface area contributed by atoms with Gasteiger partial charge in [-0.1, -0.05) is 44.2 Å². The lowest BCUT2D eigenvalue weighted by molar-refractivity contribution is -0.197. The Balaban J connectivity index is 2.04. The van der Waals surface area contributed by atoms with Gasteiger partial charge in [0.1, 0.15) is 5.76 Å². The van der Waals surface area contributed by atoms with Crippen molar-refractivity contribution in [1.82, 2.24) is 5.32 Å². The number of ketones is 1. The van der Waals surface area contributed by atoms with Crippen molar-refractivity contribution in [2.24, 2.45) is 5.41 Å². The highest BCUT2D eigenvalue weighted by Crippen LogP contribution is 2.50. The molecule has 0 radical (unpaired) electrons. The summed E-state index contributed by atoms with van der Waals surface area (Å²) in [4.78, 5) is 24.8. The van der Waals surface area contributed by atoms with Crippen LogP contribution in [0, 0.1) is 5.41 Å². The standard InChI is InChI=1S/C18H18F3NO3/c1-16(2)8-12(23)14-13(9-16)25-15(24)17(14,18(19,20)21)22-10-11-6-4-3-5-7-11/h3-7,22H,8-10H2,1-2H3. The van der Waals surface area contributed by atoms with E-state index in [4.69, 9.17) is 4.74 Å². The van der Waals surface area contributed by atoms with Crippen LogP contribution in [0.1, 0.15) is 32.3 Å². The predicted molar refractivity (Wildman–Crippen MR) is 83.2 cm³/mol. The van der Waals surface area contributed by atoms with E-state index in [1.807, 2.05) is 0 Å². The number of rotatable bonds is 3. The highest BCUT2D eigenvalue weighted by Gasteiger charge is 2.70. The van der Waals surface area contributed by atoms with Crippen molar-refractivity contribution in [3.8, 4) is 0 Å². The lowest BCUT2D eigenvalue weighted by Crippen LogP contribution is -2.63. The maximum atomic E-state index is 14.0. The molecule has 1 aromatic carbocycles. The number of alkyl halides is 3. The Kier molecular flexibility index (Phi) is 4.02. The first-order chi connectivity index (χ1) is 11.6. The molecule has 1 atom stereocenters. The fraction of sp³-hybridized carbons (Fsp3) is 0.444. The van der Waals surface area contributed by atoms with Gasteiger partial charge in [0.25, 0.3) is 0 Å². The molecule has 1 N–H and O–H groups in total. The number of ether oxygens (including phenoxy) is 1. The summed E-state index contributed by atoms with van der Waals surface area (Å²) in [6.45, 7) is 3.30. The zero-order chi connectivity index (χ0) is 18.5. The minimum atomic E-state index is -4.99. The van der Waals surface area contributed by atoms with E-state index in [0.717, 1.165) is 0 Å². The van der Waals surface area contributed by atoms with Crippen LogP contribution in [0.25, 0.3) is 0 Å². The molecule has 7 heteroatoms. The molecule has 0 fully saturated rings. The molecule has 0 bridgehead atoms. The van der Waals surface area contributed by atoms with Gasteiger partial charge in [0.05, 0.1) is 5.57 Å². The number of carbonyl (C=O) groups is 2. The third kappa shape index (κ3) is 2.86. The number of hydrogen-bond donors (Lipinski definition) is 1. The zero-order valence-corrected chi connectivity index (χ0v) is 13.9. The summed E-state index contributed by atoms with van der Waals surface area (Å²) < 4.78 is 46.8. The quantitative estimate of drug-likeness (QED) is 0.848. The van der Waals surface area contributed by atoms with Crippen LogP contribution in [-0.2, 0) is 20.9 Å². The third-order valence-corrected chi connectivity index (χ3v) is 4.56. The predicted octanol–water partition coefficient (Wildman–Crippen LogP) is 3.28. The molecule has 0 amide bonds. The molecule has 1 heterocycles. The van der Waals surface area contributed by atoms with Crippen LogP contribution < -0.4 is 5.32 Å². The fourth-order valence-corrected chi connectivity index (χ4v) is 3.41. The SMILES string of the molecule is CC1(C)CC(=O)C2=C(C1)OC(=O)C2(NCc1ccccc1)C(F)(F)F. The summed E-state index contributed by atoms with van der Waals surface area (Å²) in [6.07, 6.45) is -4.94.